The van der Waals surface area contributed by atoms with Crippen molar-refractivity contribution in [2.75, 3.05) is 0 Å². The van der Waals surface area contributed by atoms with E-state index in [4.69, 9.17) is 9.98 Å². The molecule has 3 heteroatoms. The molecule has 0 atom stereocenters. The van der Waals surface area contributed by atoms with Crippen LogP contribution in [0.1, 0.15) is 142 Å². The topological polar surface area (TPSA) is 24.7 Å². The molecule has 0 N–H and O–H groups in total. The van der Waals surface area contributed by atoms with Gasteiger partial charge in [-0.05, 0) is 107 Å². The summed E-state index contributed by atoms with van der Waals surface area (Å²) in [5.74, 6) is 0. The Morgan fingerprint density at radius 3 is 1.37 bits per heavy atom. The summed E-state index contributed by atoms with van der Waals surface area (Å²) in [6, 6.07) is 17.5. The van der Waals surface area contributed by atoms with Crippen LogP contribution in [-0.4, -0.2) is 11.4 Å². The molecule has 2 nitrogen and oxygen atoms in total. The molecule has 43 heavy (non-hydrogen) atoms. The summed E-state index contributed by atoms with van der Waals surface area (Å²) in [6.07, 6.45) is 30.7. The van der Waals surface area contributed by atoms with Crippen molar-refractivity contribution in [2.24, 2.45) is 9.98 Å². The number of aliphatic imine (C=N–C) groups is 2. The molecule has 0 aromatic heterocycles. The number of hydrogen-bond acceptors (Lipinski definition) is 2. The molecule has 0 radical (unpaired) electrons. The average Bonchev–Trinajstić information content (AvgIpc) is 3.02. The summed E-state index contributed by atoms with van der Waals surface area (Å²) in [6.45, 7) is 9.02. The molecular weight excluding hydrogens is 567 g/mol. The van der Waals surface area contributed by atoms with Crippen molar-refractivity contribution >= 4 is 22.8 Å². The van der Waals surface area contributed by atoms with E-state index < -0.39 is 0 Å². The quantitative estimate of drug-likeness (QED) is 0.0507. The van der Waals surface area contributed by atoms with Crippen molar-refractivity contribution in [3.05, 3.63) is 84.0 Å². The van der Waals surface area contributed by atoms with Gasteiger partial charge in [-0.1, -0.05) is 121 Å². The molecule has 0 fully saturated rings. The fourth-order valence-electron chi connectivity index (χ4n) is 5.23. The van der Waals surface area contributed by atoms with Crippen molar-refractivity contribution in [3.8, 4) is 0 Å². The van der Waals surface area contributed by atoms with E-state index in [0.29, 0.717) is 0 Å². The summed E-state index contributed by atoms with van der Waals surface area (Å²) in [5.41, 5.74) is 7.23. The zero-order valence-electron chi connectivity index (χ0n) is 27.9. The number of benzene rings is 2. The Labute approximate surface area is 275 Å². The van der Waals surface area contributed by atoms with Gasteiger partial charge in [0.2, 0.25) is 0 Å². The second-order valence-electron chi connectivity index (χ2n) is 11.6. The van der Waals surface area contributed by atoms with Gasteiger partial charge in [0.25, 0.3) is 0 Å². The zero-order valence-corrected chi connectivity index (χ0v) is 28.9. The van der Waals surface area contributed by atoms with Crippen molar-refractivity contribution in [1.29, 1.82) is 0 Å². The SMILES string of the molecule is CCCCCC=CCCCc1ccccc1N=C(CC)C(CCCC)=Nc1ccccc1CCCC=CCCCCC.[Ni]. The molecule has 2 aromatic rings. The van der Waals surface area contributed by atoms with E-state index in [9.17, 15) is 0 Å². The summed E-state index contributed by atoms with van der Waals surface area (Å²) >= 11 is 0. The first-order valence-electron chi connectivity index (χ1n) is 17.3. The Morgan fingerprint density at radius 1 is 0.512 bits per heavy atom. The molecule has 0 heterocycles. The zero-order chi connectivity index (χ0) is 30.1. The van der Waals surface area contributed by atoms with Gasteiger partial charge in [0.05, 0.1) is 22.8 Å². The van der Waals surface area contributed by atoms with Gasteiger partial charge in [-0.15, -0.1) is 0 Å². The largest absolute Gasteiger partial charge is 0.251 e. The standard InChI is InChI=1S/C40H60N2.Ni/c1-5-9-12-14-16-18-20-22-28-35-30-24-26-33-38(35)41-37(8-4)40(32-11-7-3)42-39-34-27-25-31-36(39)29-23-21-19-17-15-13-10-6-2;/h16-19,24-27,30-31,33-34H,5-15,20-23,28-29,32H2,1-4H3;. The maximum Gasteiger partial charge on any atom is 0.0665 e. The number of hydrogen-bond donors (Lipinski definition) is 0. The molecule has 2 rings (SSSR count). The maximum absolute atomic E-state index is 5.32. The molecule has 2 aromatic carbocycles. The summed E-state index contributed by atoms with van der Waals surface area (Å²) in [5, 5.41) is 0. The van der Waals surface area contributed by atoms with Gasteiger partial charge in [0, 0.05) is 16.5 Å². The maximum atomic E-state index is 5.32. The number of nitrogens with zero attached hydrogens (tertiary/aromatic N) is 2. The molecule has 0 aliphatic heterocycles. The summed E-state index contributed by atoms with van der Waals surface area (Å²) in [4.78, 5) is 10.6. The van der Waals surface area contributed by atoms with Crippen LogP contribution in [0, 0.1) is 0 Å². The van der Waals surface area contributed by atoms with Gasteiger partial charge >= 0.3 is 0 Å². The molecule has 0 saturated heterocycles. The second-order valence-corrected chi connectivity index (χ2v) is 11.6. The molecular formula is C40H60N2Ni. The summed E-state index contributed by atoms with van der Waals surface area (Å²) in [7, 11) is 0. The van der Waals surface area contributed by atoms with Gasteiger partial charge in [0.1, 0.15) is 0 Å². The predicted molar refractivity (Wildman–Crippen MR) is 189 cm³/mol. The first kappa shape index (κ1) is 38.8. The summed E-state index contributed by atoms with van der Waals surface area (Å²) < 4.78 is 0. The van der Waals surface area contributed by atoms with Crippen molar-refractivity contribution in [3.63, 3.8) is 0 Å². The number of para-hydroxylation sites is 2. The molecule has 0 aliphatic carbocycles. The second kappa shape index (κ2) is 26.2. The van der Waals surface area contributed by atoms with Crippen LogP contribution < -0.4 is 0 Å². The van der Waals surface area contributed by atoms with E-state index in [1.165, 1.54) is 62.5 Å². The van der Waals surface area contributed by atoms with Crippen LogP contribution in [0.4, 0.5) is 11.4 Å². The normalized spacial score (nSPS) is 12.4. The third-order valence-electron chi connectivity index (χ3n) is 7.85. The number of unbranched alkanes of at least 4 members (excludes halogenated alkanes) is 9. The van der Waals surface area contributed by atoms with Crippen LogP contribution in [0.5, 0.6) is 0 Å². The van der Waals surface area contributed by atoms with Crippen LogP contribution >= 0.6 is 0 Å². The van der Waals surface area contributed by atoms with Gasteiger partial charge < -0.3 is 0 Å². The molecule has 0 unspecified atom stereocenters. The third kappa shape index (κ3) is 17.0. The molecule has 0 amide bonds. The minimum atomic E-state index is 0. The Kier molecular flexibility index (Phi) is 23.6. The minimum Gasteiger partial charge on any atom is -0.251 e. The Hall–Kier alpha value is -2.25. The molecule has 0 saturated carbocycles. The smallest absolute Gasteiger partial charge is 0.0665 e. The predicted octanol–water partition coefficient (Wildman–Crippen LogP) is 13.0. The fourth-order valence-corrected chi connectivity index (χ4v) is 5.23. The monoisotopic (exact) mass is 626 g/mol. The Bertz CT molecular complexity index is 1100. The molecule has 240 valence electrons. The molecule has 0 aliphatic rings. The van der Waals surface area contributed by atoms with E-state index in [0.717, 1.165) is 87.0 Å². The van der Waals surface area contributed by atoms with E-state index in [1.54, 1.807) is 0 Å². The fraction of sp³-hybridized carbons (Fsp3) is 0.550. The third-order valence-corrected chi connectivity index (χ3v) is 7.85. The molecule has 0 bridgehead atoms. The van der Waals surface area contributed by atoms with E-state index in [2.05, 4.69) is 101 Å². The van der Waals surface area contributed by atoms with Crippen LogP contribution in [0.3, 0.4) is 0 Å². The van der Waals surface area contributed by atoms with Crippen LogP contribution in [0.25, 0.3) is 0 Å². The van der Waals surface area contributed by atoms with Gasteiger partial charge in [-0.2, -0.15) is 0 Å². The van der Waals surface area contributed by atoms with Crippen LogP contribution in [0.15, 0.2) is 82.8 Å². The van der Waals surface area contributed by atoms with Crippen molar-refractivity contribution in [2.45, 2.75) is 143 Å². The van der Waals surface area contributed by atoms with E-state index in [1.807, 2.05) is 0 Å². The van der Waals surface area contributed by atoms with Crippen LogP contribution in [0.2, 0.25) is 0 Å². The van der Waals surface area contributed by atoms with Gasteiger partial charge in [-0.3, -0.25) is 9.98 Å². The average molecular weight is 628 g/mol. The van der Waals surface area contributed by atoms with Crippen LogP contribution in [-0.2, 0) is 29.3 Å². The number of aryl methyl sites for hydroxylation is 2. The van der Waals surface area contributed by atoms with Gasteiger partial charge in [0.15, 0.2) is 0 Å². The Balaban J connectivity index is 0.00000924. The van der Waals surface area contributed by atoms with Crippen molar-refractivity contribution < 1.29 is 16.5 Å². The van der Waals surface area contributed by atoms with Gasteiger partial charge in [-0.25, -0.2) is 0 Å². The number of allylic oxidation sites excluding steroid dienone is 4. The first-order valence-corrected chi connectivity index (χ1v) is 17.3. The first-order chi connectivity index (χ1) is 20.7. The Morgan fingerprint density at radius 2 is 0.930 bits per heavy atom. The van der Waals surface area contributed by atoms with Crippen molar-refractivity contribution in [1.82, 2.24) is 0 Å². The van der Waals surface area contributed by atoms with E-state index in [-0.39, 0.29) is 16.5 Å². The number of rotatable bonds is 23. The molecule has 0 spiro atoms. The van der Waals surface area contributed by atoms with E-state index >= 15 is 0 Å². The minimum absolute atomic E-state index is 0.